The topological polar surface area (TPSA) is 69.2 Å². The highest BCUT2D eigenvalue weighted by Gasteiger charge is 2.26. The lowest BCUT2D eigenvalue weighted by atomic mass is 9.93. The lowest BCUT2D eigenvalue weighted by Crippen LogP contribution is -2.47. The second kappa shape index (κ2) is 12.2. The van der Waals surface area contributed by atoms with E-state index in [2.05, 4.69) is 37.6 Å². The highest BCUT2D eigenvalue weighted by molar-refractivity contribution is 14.0. The molecule has 1 amide bonds. The molecule has 7 nitrogen and oxygen atoms in total. The molecular weight excluding hydrogens is 493 g/mol. The average Bonchev–Trinajstić information content (AvgIpc) is 3.24. The molecule has 2 N–H and O–H groups in total. The van der Waals surface area contributed by atoms with Crippen LogP contribution >= 0.6 is 24.0 Å². The molecule has 1 aromatic carbocycles. The van der Waals surface area contributed by atoms with Crippen molar-refractivity contribution >= 4 is 41.5 Å². The number of amides is 1. The van der Waals surface area contributed by atoms with Crippen LogP contribution in [-0.4, -0.2) is 70.7 Å². The third-order valence-electron chi connectivity index (χ3n) is 6.14. The van der Waals surface area contributed by atoms with Gasteiger partial charge in [-0.15, -0.1) is 24.0 Å². The van der Waals surface area contributed by atoms with Gasteiger partial charge < -0.3 is 25.2 Å². The van der Waals surface area contributed by atoms with Crippen molar-refractivity contribution in [2.75, 3.05) is 58.8 Å². The molecule has 1 aromatic rings. The maximum atomic E-state index is 11.6. The summed E-state index contributed by atoms with van der Waals surface area (Å²) in [4.78, 5) is 20.8. The molecule has 2 heterocycles. The summed E-state index contributed by atoms with van der Waals surface area (Å²) in [6, 6.07) is 8.24. The van der Waals surface area contributed by atoms with Gasteiger partial charge in [0.1, 0.15) is 5.75 Å². The molecule has 8 heteroatoms. The van der Waals surface area contributed by atoms with Crippen molar-refractivity contribution in [3.63, 3.8) is 0 Å². The van der Waals surface area contributed by atoms with Crippen LogP contribution in [0.3, 0.4) is 0 Å². The summed E-state index contributed by atoms with van der Waals surface area (Å²) < 4.78 is 5.52. The molecule has 0 saturated carbocycles. The van der Waals surface area contributed by atoms with Gasteiger partial charge in [-0.2, -0.15) is 0 Å². The number of carbonyl (C=O) groups excluding carboxylic acids is 1. The number of anilines is 1. The van der Waals surface area contributed by atoms with Crippen molar-refractivity contribution < 1.29 is 9.53 Å². The maximum absolute atomic E-state index is 11.6. The number of hydrogen-bond donors (Lipinski definition) is 2. The van der Waals surface area contributed by atoms with E-state index in [1.54, 1.807) is 14.2 Å². The summed E-state index contributed by atoms with van der Waals surface area (Å²) in [6.45, 7) is 4.92. The van der Waals surface area contributed by atoms with Crippen LogP contribution in [0.2, 0.25) is 0 Å². The molecule has 2 aliphatic rings. The summed E-state index contributed by atoms with van der Waals surface area (Å²) >= 11 is 0. The normalized spacial score (nSPS) is 20.0. The number of para-hydroxylation sites is 2. The summed E-state index contributed by atoms with van der Waals surface area (Å²) in [5, 5.41) is 6.32. The number of nitrogens with one attached hydrogen (secondary N) is 2. The quantitative estimate of drug-likeness (QED) is 0.337. The van der Waals surface area contributed by atoms with Crippen LogP contribution in [0.15, 0.2) is 29.3 Å². The van der Waals surface area contributed by atoms with E-state index in [4.69, 9.17) is 4.74 Å². The van der Waals surface area contributed by atoms with Gasteiger partial charge in [0.15, 0.2) is 5.96 Å². The molecule has 0 bridgehead atoms. The predicted octanol–water partition coefficient (Wildman–Crippen LogP) is 2.56. The van der Waals surface area contributed by atoms with Gasteiger partial charge in [-0.05, 0) is 43.2 Å². The molecule has 0 radical (unpaired) electrons. The van der Waals surface area contributed by atoms with Gasteiger partial charge in [0, 0.05) is 53.2 Å². The molecule has 1 unspecified atom stereocenters. The molecule has 2 fully saturated rings. The second-order valence-corrected chi connectivity index (χ2v) is 8.01. The number of benzene rings is 1. The van der Waals surface area contributed by atoms with Crippen molar-refractivity contribution in [3.8, 4) is 5.75 Å². The minimum absolute atomic E-state index is 0. The third kappa shape index (κ3) is 6.39. The molecule has 3 rings (SSSR count). The number of guanidine groups is 1. The fraction of sp³-hybridized carbons (Fsp3) is 0.636. The monoisotopic (exact) mass is 529 g/mol. The number of carbonyl (C=O) groups is 1. The van der Waals surface area contributed by atoms with Gasteiger partial charge in [0.2, 0.25) is 5.91 Å². The summed E-state index contributed by atoms with van der Waals surface area (Å²) in [5.41, 5.74) is 1.18. The number of aliphatic imine (C=N–C) groups is 1. The first-order valence-electron chi connectivity index (χ1n) is 10.7. The summed E-state index contributed by atoms with van der Waals surface area (Å²) in [7, 11) is 5.30. The Hall–Kier alpha value is -1.71. The smallest absolute Gasteiger partial charge is 0.220 e. The fourth-order valence-electron chi connectivity index (χ4n) is 4.39. The fourth-order valence-corrected chi connectivity index (χ4v) is 4.39. The van der Waals surface area contributed by atoms with E-state index in [9.17, 15) is 4.79 Å². The van der Waals surface area contributed by atoms with Crippen LogP contribution in [0.4, 0.5) is 5.69 Å². The number of hydrogen-bond acceptors (Lipinski definition) is 4. The van der Waals surface area contributed by atoms with E-state index in [0.717, 1.165) is 63.7 Å². The Morgan fingerprint density at radius 1 is 1.17 bits per heavy atom. The Balaban J connectivity index is 0.00000320. The zero-order valence-corrected chi connectivity index (χ0v) is 20.7. The number of halogens is 1. The van der Waals surface area contributed by atoms with Gasteiger partial charge in [0.25, 0.3) is 0 Å². The molecule has 0 spiro atoms. The Kier molecular flexibility index (Phi) is 10.0. The van der Waals surface area contributed by atoms with E-state index < -0.39 is 0 Å². The van der Waals surface area contributed by atoms with Crippen molar-refractivity contribution in [2.45, 2.75) is 25.7 Å². The van der Waals surface area contributed by atoms with Gasteiger partial charge in [0.05, 0.1) is 12.8 Å². The summed E-state index contributed by atoms with van der Waals surface area (Å²) in [6.07, 6.45) is 3.88. The van der Waals surface area contributed by atoms with Crippen molar-refractivity contribution in [1.29, 1.82) is 0 Å². The van der Waals surface area contributed by atoms with E-state index in [1.165, 1.54) is 5.69 Å². The first-order chi connectivity index (χ1) is 14.1. The minimum Gasteiger partial charge on any atom is -0.495 e. The SMILES string of the molecule is CN=C(NCC1CCN(c2ccccc2OC)C1)N1CCC(CC(=O)NC)CC1.I. The van der Waals surface area contributed by atoms with Crippen molar-refractivity contribution in [2.24, 2.45) is 16.8 Å². The molecule has 30 heavy (non-hydrogen) atoms. The summed E-state index contributed by atoms with van der Waals surface area (Å²) in [5.74, 6) is 3.14. The van der Waals surface area contributed by atoms with Gasteiger partial charge in [-0.1, -0.05) is 12.1 Å². The lowest BCUT2D eigenvalue weighted by Gasteiger charge is -2.34. The van der Waals surface area contributed by atoms with Crippen LogP contribution in [0.1, 0.15) is 25.7 Å². The van der Waals surface area contributed by atoms with E-state index in [-0.39, 0.29) is 29.9 Å². The number of piperidine rings is 1. The van der Waals surface area contributed by atoms with Crippen LogP contribution in [0.5, 0.6) is 5.75 Å². The highest BCUT2D eigenvalue weighted by Crippen LogP contribution is 2.31. The van der Waals surface area contributed by atoms with Crippen molar-refractivity contribution in [1.82, 2.24) is 15.5 Å². The molecule has 0 aliphatic carbocycles. The Bertz CT molecular complexity index is 707. The van der Waals surface area contributed by atoms with E-state index >= 15 is 0 Å². The lowest BCUT2D eigenvalue weighted by molar-refractivity contribution is -0.121. The van der Waals surface area contributed by atoms with Crippen LogP contribution in [-0.2, 0) is 4.79 Å². The number of methoxy groups -OCH3 is 1. The molecule has 2 aliphatic heterocycles. The van der Waals surface area contributed by atoms with Crippen molar-refractivity contribution in [3.05, 3.63) is 24.3 Å². The first-order valence-corrected chi connectivity index (χ1v) is 10.7. The molecule has 168 valence electrons. The highest BCUT2D eigenvalue weighted by atomic mass is 127. The number of nitrogens with zero attached hydrogens (tertiary/aromatic N) is 3. The van der Waals surface area contributed by atoms with E-state index in [1.807, 2.05) is 19.2 Å². The minimum atomic E-state index is 0. The largest absolute Gasteiger partial charge is 0.495 e. The Labute approximate surface area is 197 Å². The number of likely N-dealkylation sites (tertiary alicyclic amines) is 1. The maximum Gasteiger partial charge on any atom is 0.220 e. The number of rotatable bonds is 6. The zero-order chi connectivity index (χ0) is 20.6. The molecule has 0 aromatic heterocycles. The molecule has 1 atom stereocenters. The average molecular weight is 529 g/mol. The third-order valence-corrected chi connectivity index (χ3v) is 6.14. The van der Waals surface area contributed by atoms with Gasteiger partial charge in [-0.3, -0.25) is 9.79 Å². The molecular formula is C22H36IN5O2. The zero-order valence-electron chi connectivity index (χ0n) is 18.4. The van der Waals surface area contributed by atoms with Crippen LogP contribution in [0.25, 0.3) is 0 Å². The predicted molar refractivity (Wildman–Crippen MR) is 133 cm³/mol. The second-order valence-electron chi connectivity index (χ2n) is 8.01. The Morgan fingerprint density at radius 2 is 1.87 bits per heavy atom. The first kappa shape index (κ1) is 24.6. The van der Waals surface area contributed by atoms with Crippen LogP contribution in [0, 0.1) is 11.8 Å². The number of ether oxygens (including phenoxy) is 1. The standard InChI is InChI=1S/C22H35N5O2.HI/c1-23-21(28)14-17-8-11-26(12-9-17)22(24-2)25-15-18-10-13-27(16-18)19-6-4-5-7-20(19)29-3;/h4-7,17-18H,8-16H2,1-3H3,(H,23,28)(H,24,25);1H. The van der Waals surface area contributed by atoms with Crippen LogP contribution < -0.4 is 20.3 Å². The van der Waals surface area contributed by atoms with Gasteiger partial charge >= 0.3 is 0 Å². The van der Waals surface area contributed by atoms with Gasteiger partial charge in [-0.25, -0.2) is 0 Å². The Morgan fingerprint density at radius 3 is 2.53 bits per heavy atom. The van der Waals surface area contributed by atoms with E-state index in [0.29, 0.717) is 18.3 Å². The molecule has 2 saturated heterocycles.